The normalized spacial score (nSPS) is 18.2. The third kappa shape index (κ3) is 2.70. The average Bonchev–Trinajstić information content (AvgIpc) is 3.07. The van der Waals surface area contributed by atoms with Gasteiger partial charge in [-0.3, -0.25) is 4.40 Å². The van der Waals surface area contributed by atoms with Crippen LogP contribution in [0.3, 0.4) is 0 Å². The van der Waals surface area contributed by atoms with Gasteiger partial charge in [0.2, 0.25) is 5.95 Å². The number of thiazole rings is 1. The van der Waals surface area contributed by atoms with Gasteiger partial charge in [0.25, 0.3) is 0 Å². The van der Waals surface area contributed by atoms with Gasteiger partial charge in [0.05, 0.1) is 5.69 Å². The average molecular weight is 344 g/mol. The molecule has 6 heteroatoms. The minimum Gasteiger partial charge on any atom is -0.325 e. The molecule has 0 radical (unpaired) electrons. The smallest absolute Gasteiger partial charge is 0.213 e. The number of halogens is 1. The van der Waals surface area contributed by atoms with Gasteiger partial charge in [0, 0.05) is 28.7 Å². The lowest BCUT2D eigenvalue weighted by molar-refractivity contribution is 0.458. The van der Waals surface area contributed by atoms with Crippen LogP contribution in [-0.4, -0.2) is 22.5 Å². The first-order valence-electron chi connectivity index (χ1n) is 8.35. The van der Waals surface area contributed by atoms with Crippen molar-refractivity contribution in [3.63, 3.8) is 0 Å². The molecule has 1 aliphatic heterocycles. The van der Waals surface area contributed by atoms with E-state index < -0.39 is 0 Å². The number of benzene rings is 1. The number of fused-ring (bicyclic) bond motifs is 1. The molecule has 1 fully saturated rings. The summed E-state index contributed by atoms with van der Waals surface area (Å²) in [4.78, 5) is 7.40. The Morgan fingerprint density at radius 2 is 2.25 bits per heavy atom. The molecular weight excluding hydrogens is 323 g/mol. The number of nitrogens with one attached hydrogen (secondary N) is 2. The Morgan fingerprint density at radius 1 is 1.38 bits per heavy atom. The van der Waals surface area contributed by atoms with Gasteiger partial charge in [-0.15, -0.1) is 11.3 Å². The minimum absolute atomic E-state index is 0.247. The van der Waals surface area contributed by atoms with Crippen molar-refractivity contribution in [1.82, 2.24) is 14.7 Å². The van der Waals surface area contributed by atoms with E-state index in [2.05, 4.69) is 28.9 Å². The monoisotopic (exact) mass is 344 g/mol. The van der Waals surface area contributed by atoms with E-state index in [-0.39, 0.29) is 5.82 Å². The molecule has 0 aliphatic carbocycles. The van der Waals surface area contributed by atoms with E-state index in [1.165, 1.54) is 34.0 Å². The van der Waals surface area contributed by atoms with Crippen LogP contribution in [0.1, 0.15) is 35.0 Å². The van der Waals surface area contributed by atoms with Crippen LogP contribution in [0.5, 0.6) is 0 Å². The molecule has 3 aromatic rings. The second-order valence-corrected chi connectivity index (χ2v) is 7.59. The van der Waals surface area contributed by atoms with Crippen molar-refractivity contribution < 1.29 is 4.39 Å². The molecule has 1 atom stereocenters. The minimum atomic E-state index is -0.247. The van der Waals surface area contributed by atoms with Crippen LogP contribution >= 0.6 is 11.3 Å². The fraction of sp³-hybridized carbons (Fsp3) is 0.389. The summed E-state index contributed by atoms with van der Waals surface area (Å²) >= 11 is 1.79. The maximum absolute atomic E-state index is 13.5. The van der Waals surface area contributed by atoms with Crippen molar-refractivity contribution in [1.29, 1.82) is 0 Å². The predicted molar refractivity (Wildman–Crippen MR) is 97.1 cm³/mol. The third-order valence-electron chi connectivity index (χ3n) is 4.72. The Hall–Kier alpha value is -1.92. The number of nitrogens with zero attached hydrogens (tertiary/aromatic N) is 2. The highest BCUT2D eigenvalue weighted by Gasteiger charge is 2.24. The van der Waals surface area contributed by atoms with E-state index in [0.29, 0.717) is 5.92 Å². The summed E-state index contributed by atoms with van der Waals surface area (Å²) in [5.41, 5.74) is 3.07. The number of anilines is 2. The molecule has 2 N–H and O–H groups in total. The second-order valence-electron chi connectivity index (χ2n) is 6.38. The molecule has 0 spiro atoms. The third-order valence-corrected chi connectivity index (χ3v) is 5.91. The number of hydrogen-bond acceptors (Lipinski definition) is 4. The fourth-order valence-corrected chi connectivity index (χ4v) is 4.50. The van der Waals surface area contributed by atoms with Crippen molar-refractivity contribution in [2.75, 3.05) is 18.4 Å². The lowest BCUT2D eigenvalue weighted by atomic mass is 9.97. The first-order valence-corrected chi connectivity index (χ1v) is 9.17. The summed E-state index contributed by atoms with van der Waals surface area (Å²) in [6, 6.07) is 6.52. The zero-order valence-corrected chi connectivity index (χ0v) is 14.7. The van der Waals surface area contributed by atoms with Gasteiger partial charge in [-0.05, 0) is 51.4 Å². The van der Waals surface area contributed by atoms with E-state index in [4.69, 9.17) is 4.98 Å². The topological polar surface area (TPSA) is 41.4 Å². The molecule has 3 heterocycles. The van der Waals surface area contributed by atoms with Gasteiger partial charge in [0.1, 0.15) is 10.6 Å². The molecule has 24 heavy (non-hydrogen) atoms. The number of piperidine rings is 1. The largest absolute Gasteiger partial charge is 0.325 e. The second kappa shape index (κ2) is 6.18. The van der Waals surface area contributed by atoms with Crippen LogP contribution in [0.15, 0.2) is 24.3 Å². The Balaban J connectivity index is 1.79. The zero-order chi connectivity index (χ0) is 16.7. The van der Waals surface area contributed by atoms with Crippen LogP contribution < -0.4 is 10.6 Å². The maximum atomic E-state index is 13.5. The van der Waals surface area contributed by atoms with Gasteiger partial charge >= 0.3 is 0 Å². The summed E-state index contributed by atoms with van der Waals surface area (Å²) in [6.45, 7) is 6.31. The standard InChI is InChI=1S/C18H21FN4S/c1-11-12(2)24-17-16(13-5-4-8-20-10-13)22-18(23(11)17)21-15-7-3-6-14(19)9-15/h3,6-7,9,13,20H,4-5,8,10H2,1-2H3,(H,21,22)/t13-/m1/s1. The van der Waals surface area contributed by atoms with Gasteiger partial charge in [-0.25, -0.2) is 9.37 Å². The van der Waals surface area contributed by atoms with Crippen molar-refractivity contribution in [3.8, 4) is 0 Å². The van der Waals surface area contributed by atoms with Crippen molar-refractivity contribution in [2.45, 2.75) is 32.6 Å². The molecule has 126 valence electrons. The van der Waals surface area contributed by atoms with Crippen LogP contribution in [0.2, 0.25) is 0 Å². The number of aromatic nitrogens is 2. The molecule has 4 rings (SSSR count). The molecule has 4 nitrogen and oxygen atoms in total. The highest BCUT2D eigenvalue weighted by atomic mass is 32.1. The van der Waals surface area contributed by atoms with Gasteiger partial charge in [-0.1, -0.05) is 6.07 Å². The number of rotatable bonds is 3. The Morgan fingerprint density at radius 3 is 3.00 bits per heavy atom. The molecule has 0 bridgehead atoms. The highest BCUT2D eigenvalue weighted by Crippen LogP contribution is 2.35. The van der Waals surface area contributed by atoms with Gasteiger partial charge < -0.3 is 10.6 Å². The first-order chi connectivity index (χ1) is 11.6. The van der Waals surface area contributed by atoms with E-state index in [0.717, 1.165) is 36.8 Å². The first kappa shape index (κ1) is 15.6. The summed E-state index contributed by atoms with van der Waals surface area (Å²) < 4.78 is 15.7. The Bertz CT molecular complexity index is 877. The van der Waals surface area contributed by atoms with Crippen LogP contribution in [0, 0.1) is 19.7 Å². The maximum Gasteiger partial charge on any atom is 0.213 e. The van der Waals surface area contributed by atoms with Crippen molar-refractivity contribution >= 4 is 27.8 Å². The van der Waals surface area contributed by atoms with E-state index in [1.54, 1.807) is 17.4 Å². The van der Waals surface area contributed by atoms with E-state index >= 15 is 0 Å². The van der Waals surface area contributed by atoms with Crippen molar-refractivity contribution in [2.24, 2.45) is 0 Å². The van der Waals surface area contributed by atoms with E-state index in [9.17, 15) is 4.39 Å². The van der Waals surface area contributed by atoms with Gasteiger partial charge in [-0.2, -0.15) is 0 Å². The molecule has 0 amide bonds. The molecule has 2 aromatic heterocycles. The number of hydrogen-bond donors (Lipinski definition) is 2. The molecular formula is C18H21FN4S. The lowest BCUT2D eigenvalue weighted by Crippen LogP contribution is -2.28. The van der Waals surface area contributed by atoms with Crippen LogP contribution in [0.4, 0.5) is 16.0 Å². The zero-order valence-electron chi connectivity index (χ0n) is 13.9. The quantitative estimate of drug-likeness (QED) is 0.742. The van der Waals surface area contributed by atoms with Gasteiger partial charge in [0.15, 0.2) is 0 Å². The Labute approximate surface area is 144 Å². The van der Waals surface area contributed by atoms with E-state index in [1.807, 2.05) is 6.07 Å². The molecule has 1 aliphatic rings. The van der Waals surface area contributed by atoms with Crippen LogP contribution in [0.25, 0.3) is 4.83 Å². The molecule has 1 aromatic carbocycles. The van der Waals surface area contributed by atoms with Crippen LogP contribution in [-0.2, 0) is 0 Å². The summed E-state index contributed by atoms with van der Waals surface area (Å²) in [7, 11) is 0. The molecule has 1 saturated heterocycles. The molecule has 0 saturated carbocycles. The summed E-state index contributed by atoms with van der Waals surface area (Å²) in [5, 5.41) is 6.77. The fourth-order valence-electron chi connectivity index (χ4n) is 3.34. The SMILES string of the molecule is Cc1sc2c([C@@H]3CCCNC3)nc(Nc3cccc(F)c3)n2c1C. The summed E-state index contributed by atoms with van der Waals surface area (Å²) in [6.07, 6.45) is 2.34. The number of imidazole rings is 1. The lowest BCUT2D eigenvalue weighted by Gasteiger charge is -2.20. The molecule has 0 unspecified atom stereocenters. The summed E-state index contributed by atoms with van der Waals surface area (Å²) in [5.74, 6) is 0.968. The highest BCUT2D eigenvalue weighted by molar-refractivity contribution is 7.17. The number of aryl methyl sites for hydroxylation is 2. The van der Waals surface area contributed by atoms with Crippen molar-refractivity contribution in [3.05, 3.63) is 46.3 Å². The Kier molecular flexibility index (Phi) is 4.02. The predicted octanol–water partition coefficient (Wildman–Crippen LogP) is 4.36.